The van der Waals surface area contributed by atoms with Crippen molar-refractivity contribution in [1.82, 2.24) is 9.80 Å². The maximum Gasteiger partial charge on any atom is 0.269 e. The molecule has 3 aromatic rings. The molecule has 1 aromatic heterocycles. The van der Waals surface area contributed by atoms with Crippen LogP contribution in [-0.4, -0.2) is 60.4 Å². The first-order valence-corrected chi connectivity index (χ1v) is 13.5. The monoisotopic (exact) mass is 563 g/mol. The van der Waals surface area contributed by atoms with Crippen LogP contribution >= 0.6 is 11.3 Å². The van der Waals surface area contributed by atoms with Crippen LogP contribution in [0.15, 0.2) is 72.6 Å². The molecule has 0 unspecified atom stereocenters. The first kappa shape index (κ1) is 30.1. The molecule has 3 rings (SSSR count). The highest BCUT2D eigenvalue weighted by Gasteiger charge is 2.21. The number of aryl methyl sites for hydroxylation is 1. The van der Waals surface area contributed by atoms with Gasteiger partial charge >= 0.3 is 0 Å². The van der Waals surface area contributed by atoms with Gasteiger partial charge < -0.3 is 19.3 Å². The number of carbonyl (C=O) groups excluding carboxylic acids is 2. The number of thiophene rings is 1. The van der Waals surface area contributed by atoms with Gasteiger partial charge in [-0.05, 0) is 71.8 Å². The maximum absolute atomic E-state index is 13.6. The van der Waals surface area contributed by atoms with Crippen LogP contribution in [0.4, 0.5) is 5.69 Å². The Morgan fingerprint density at radius 1 is 1.05 bits per heavy atom. The first-order chi connectivity index (χ1) is 19.2. The van der Waals surface area contributed by atoms with Crippen molar-refractivity contribution in [3.05, 3.63) is 104 Å². The van der Waals surface area contributed by atoms with E-state index in [1.54, 1.807) is 54.7 Å². The summed E-state index contributed by atoms with van der Waals surface area (Å²) in [5, 5.41) is 12.9. The van der Waals surface area contributed by atoms with Gasteiger partial charge in [-0.2, -0.15) is 0 Å². The predicted molar refractivity (Wildman–Crippen MR) is 157 cm³/mol. The highest BCUT2D eigenvalue weighted by molar-refractivity contribution is 7.10. The minimum atomic E-state index is -0.481. The molecule has 0 spiro atoms. The fourth-order valence-corrected chi connectivity index (χ4v) is 4.88. The van der Waals surface area contributed by atoms with Crippen LogP contribution in [0.25, 0.3) is 6.08 Å². The van der Waals surface area contributed by atoms with E-state index in [0.717, 1.165) is 16.0 Å². The number of methoxy groups -OCH3 is 2. The summed E-state index contributed by atoms with van der Waals surface area (Å²) in [4.78, 5) is 41.2. The predicted octanol–water partition coefficient (Wildman–Crippen LogP) is 5.28. The Hall–Kier alpha value is -4.44. The lowest BCUT2D eigenvalue weighted by Crippen LogP contribution is -2.43. The van der Waals surface area contributed by atoms with Gasteiger partial charge in [-0.1, -0.05) is 12.1 Å². The summed E-state index contributed by atoms with van der Waals surface area (Å²) >= 11 is 1.59. The molecule has 0 aliphatic carbocycles. The van der Waals surface area contributed by atoms with Crippen molar-refractivity contribution >= 4 is 34.9 Å². The summed E-state index contributed by atoms with van der Waals surface area (Å²) in [6.07, 6.45) is 5.08. The SMILES string of the molecule is C=CCN(CC(=O)N(CCc1ccc(OC)c(OC)c1)Cc1sccc1C)C(=O)C=Cc1ccc([N+](=O)[O-])cc1. The van der Waals surface area contributed by atoms with Crippen molar-refractivity contribution < 1.29 is 24.0 Å². The summed E-state index contributed by atoms with van der Waals surface area (Å²) in [7, 11) is 3.16. The summed E-state index contributed by atoms with van der Waals surface area (Å²) in [6, 6.07) is 13.6. The number of nitro groups is 1. The van der Waals surface area contributed by atoms with Gasteiger partial charge in [-0.15, -0.1) is 17.9 Å². The molecule has 40 heavy (non-hydrogen) atoms. The van der Waals surface area contributed by atoms with Gasteiger partial charge in [-0.3, -0.25) is 19.7 Å². The van der Waals surface area contributed by atoms with E-state index >= 15 is 0 Å². The number of hydrogen-bond acceptors (Lipinski definition) is 7. The van der Waals surface area contributed by atoms with Crippen molar-refractivity contribution in [2.75, 3.05) is 33.9 Å². The number of nitro benzene ring substituents is 1. The molecule has 0 saturated heterocycles. The van der Waals surface area contributed by atoms with Gasteiger partial charge in [-0.25, -0.2) is 0 Å². The molecule has 1 heterocycles. The van der Waals surface area contributed by atoms with E-state index in [2.05, 4.69) is 6.58 Å². The number of carbonyl (C=O) groups is 2. The lowest BCUT2D eigenvalue weighted by molar-refractivity contribution is -0.384. The second-order valence-corrected chi connectivity index (χ2v) is 9.97. The van der Waals surface area contributed by atoms with Gasteiger partial charge in [0.2, 0.25) is 11.8 Å². The number of benzene rings is 2. The van der Waals surface area contributed by atoms with E-state index in [9.17, 15) is 19.7 Å². The Morgan fingerprint density at radius 2 is 1.77 bits per heavy atom. The summed E-state index contributed by atoms with van der Waals surface area (Å²) in [5.74, 6) is 0.703. The summed E-state index contributed by atoms with van der Waals surface area (Å²) in [6.45, 7) is 6.70. The standard InChI is InChI=1S/C30H33N3O6S/c1-5-16-31(29(34)13-9-23-6-10-25(11-7-23)33(36)37)21-30(35)32(20-28-22(2)15-18-40-28)17-14-24-8-12-26(38-3)27(19-24)39-4/h5-13,15,18-19H,1,14,16-17,20-21H2,2-4H3. The molecule has 0 bridgehead atoms. The van der Waals surface area contributed by atoms with Crippen molar-refractivity contribution in [2.45, 2.75) is 19.9 Å². The summed E-state index contributed by atoms with van der Waals surface area (Å²) < 4.78 is 10.7. The minimum Gasteiger partial charge on any atom is -0.493 e. The zero-order valence-electron chi connectivity index (χ0n) is 22.9. The third kappa shape index (κ3) is 8.28. The Kier molecular flexibility index (Phi) is 11.0. The highest BCUT2D eigenvalue weighted by Crippen LogP contribution is 2.28. The van der Waals surface area contributed by atoms with Crippen LogP contribution in [0.2, 0.25) is 0 Å². The molecule has 10 heteroatoms. The van der Waals surface area contributed by atoms with Crippen molar-refractivity contribution in [1.29, 1.82) is 0 Å². The Bertz CT molecular complexity index is 1370. The molecule has 0 fully saturated rings. The van der Waals surface area contributed by atoms with Crippen LogP contribution in [0.3, 0.4) is 0 Å². The van der Waals surface area contributed by atoms with Crippen LogP contribution in [0, 0.1) is 17.0 Å². The Morgan fingerprint density at radius 3 is 2.38 bits per heavy atom. The van der Waals surface area contributed by atoms with E-state index in [1.807, 2.05) is 36.6 Å². The fourth-order valence-electron chi connectivity index (χ4n) is 3.96. The number of hydrogen-bond donors (Lipinski definition) is 0. The number of nitrogens with zero attached hydrogens (tertiary/aromatic N) is 3. The highest BCUT2D eigenvalue weighted by atomic mass is 32.1. The van der Waals surface area contributed by atoms with Crippen molar-refractivity contribution in [2.24, 2.45) is 0 Å². The molecular weight excluding hydrogens is 530 g/mol. The van der Waals surface area contributed by atoms with Crippen molar-refractivity contribution in [3.63, 3.8) is 0 Å². The number of non-ortho nitro benzene ring substituents is 1. The van der Waals surface area contributed by atoms with Gasteiger partial charge in [0.15, 0.2) is 11.5 Å². The van der Waals surface area contributed by atoms with Gasteiger partial charge in [0.1, 0.15) is 6.54 Å². The lowest BCUT2D eigenvalue weighted by atomic mass is 10.1. The largest absolute Gasteiger partial charge is 0.493 e. The molecule has 0 radical (unpaired) electrons. The van der Waals surface area contributed by atoms with Crippen molar-refractivity contribution in [3.8, 4) is 11.5 Å². The van der Waals surface area contributed by atoms with Crippen LogP contribution < -0.4 is 9.47 Å². The summed E-state index contributed by atoms with van der Waals surface area (Å²) in [5.41, 5.74) is 2.70. The quantitative estimate of drug-likeness (QED) is 0.114. The molecule has 0 atom stereocenters. The molecular formula is C30H33N3O6S. The average molecular weight is 564 g/mol. The smallest absolute Gasteiger partial charge is 0.269 e. The molecule has 0 aliphatic heterocycles. The second kappa shape index (κ2) is 14.6. The molecule has 210 valence electrons. The zero-order chi connectivity index (χ0) is 29.1. The first-order valence-electron chi connectivity index (χ1n) is 12.6. The van der Waals surface area contributed by atoms with E-state index in [4.69, 9.17) is 9.47 Å². The molecule has 0 N–H and O–H groups in total. The van der Waals surface area contributed by atoms with Gasteiger partial charge in [0.05, 0.1) is 25.7 Å². The number of amides is 2. The number of rotatable bonds is 14. The minimum absolute atomic E-state index is 0.0310. The van der Waals surface area contributed by atoms with Crippen LogP contribution in [0.5, 0.6) is 11.5 Å². The molecule has 0 saturated carbocycles. The Balaban J connectivity index is 1.74. The molecule has 2 aromatic carbocycles. The molecule has 0 aliphatic rings. The molecule has 9 nitrogen and oxygen atoms in total. The van der Waals surface area contributed by atoms with Gasteiger partial charge in [0.25, 0.3) is 5.69 Å². The van der Waals surface area contributed by atoms with E-state index in [-0.39, 0.29) is 30.6 Å². The van der Waals surface area contributed by atoms with Crippen LogP contribution in [0.1, 0.15) is 21.6 Å². The normalized spacial score (nSPS) is 10.8. The van der Waals surface area contributed by atoms with E-state index < -0.39 is 4.92 Å². The van der Waals surface area contributed by atoms with E-state index in [0.29, 0.717) is 36.6 Å². The third-order valence-corrected chi connectivity index (χ3v) is 7.29. The Labute approximate surface area is 238 Å². The van der Waals surface area contributed by atoms with Gasteiger partial charge in [0, 0.05) is 36.2 Å². The third-order valence-electron chi connectivity index (χ3n) is 6.28. The average Bonchev–Trinajstić information content (AvgIpc) is 3.37. The topological polar surface area (TPSA) is 102 Å². The zero-order valence-corrected chi connectivity index (χ0v) is 23.7. The maximum atomic E-state index is 13.6. The lowest BCUT2D eigenvalue weighted by Gasteiger charge is -2.27. The van der Waals surface area contributed by atoms with E-state index in [1.165, 1.54) is 23.1 Å². The fraction of sp³-hybridized carbons (Fsp3) is 0.267. The molecule has 2 amide bonds. The second-order valence-electron chi connectivity index (χ2n) is 8.97. The van der Waals surface area contributed by atoms with Crippen LogP contribution in [-0.2, 0) is 22.6 Å². The number of ether oxygens (including phenoxy) is 2.